The van der Waals surface area contributed by atoms with E-state index in [0.717, 1.165) is 12.8 Å². The molecule has 0 spiro atoms. The minimum absolute atomic E-state index is 0.00805. The van der Waals surface area contributed by atoms with Crippen molar-refractivity contribution >= 4 is 17.8 Å². The van der Waals surface area contributed by atoms with Crippen molar-refractivity contribution in [2.45, 2.75) is 19.3 Å². The molecule has 0 aliphatic carbocycles. The van der Waals surface area contributed by atoms with Crippen molar-refractivity contribution in [3.63, 3.8) is 0 Å². The van der Waals surface area contributed by atoms with Crippen molar-refractivity contribution in [3.05, 3.63) is 0 Å². The molecule has 2 aliphatic rings. The Balaban J connectivity index is 1.96. The number of carbonyl (C=O) groups is 3. The molecule has 2 atom stereocenters. The summed E-state index contributed by atoms with van der Waals surface area (Å²) < 4.78 is 4.74. The molecular formula is C13H20N2O4. The summed E-state index contributed by atoms with van der Waals surface area (Å²) >= 11 is 0. The molecule has 2 heterocycles. The van der Waals surface area contributed by atoms with Gasteiger partial charge in [0.2, 0.25) is 11.8 Å². The normalized spacial score (nSPS) is 27.6. The lowest BCUT2D eigenvalue weighted by molar-refractivity contribution is -0.149. The number of amides is 2. The molecule has 106 valence electrons. The minimum atomic E-state index is -0.256. The second-order valence-electron chi connectivity index (χ2n) is 5.32. The van der Waals surface area contributed by atoms with Crippen molar-refractivity contribution in [3.8, 4) is 0 Å². The Hall–Kier alpha value is -1.59. The molecule has 2 amide bonds. The average molecular weight is 268 g/mol. The molecule has 2 aliphatic heterocycles. The first kappa shape index (κ1) is 13.8. The van der Waals surface area contributed by atoms with Crippen molar-refractivity contribution in [1.82, 2.24) is 9.80 Å². The number of carbonyl (C=O) groups excluding carboxylic acids is 3. The van der Waals surface area contributed by atoms with Crippen LogP contribution in [0.5, 0.6) is 0 Å². The predicted octanol–water partition coefficient (Wildman–Crippen LogP) is -0.124. The van der Waals surface area contributed by atoms with E-state index in [-0.39, 0.29) is 36.0 Å². The molecule has 2 unspecified atom stereocenters. The Morgan fingerprint density at radius 3 is 2.58 bits per heavy atom. The van der Waals surface area contributed by atoms with Gasteiger partial charge in [0.15, 0.2) is 0 Å². The molecule has 6 nitrogen and oxygen atoms in total. The maximum absolute atomic E-state index is 12.3. The van der Waals surface area contributed by atoms with E-state index in [2.05, 4.69) is 0 Å². The van der Waals surface area contributed by atoms with E-state index in [4.69, 9.17) is 4.74 Å². The topological polar surface area (TPSA) is 66.9 Å². The number of piperidine rings is 1. The van der Waals surface area contributed by atoms with Gasteiger partial charge in [0.25, 0.3) is 0 Å². The summed E-state index contributed by atoms with van der Waals surface area (Å²) in [6.45, 7) is 1.57. The number of methoxy groups -OCH3 is 1. The van der Waals surface area contributed by atoms with Gasteiger partial charge in [0, 0.05) is 33.1 Å². The van der Waals surface area contributed by atoms with Gasteiger partial charge in [-0.05, 0) is 12.8 Å². The molecule has 0 radical (unpaired) electrons. The average Bonchev–Trinajstić information content (AvgIpc) is 2.77. The van der Waals surface area contributed by atoms with Crippen molar-refractivity contribution in [2.24, 2.45) is 11.8 Å². The maximum Gasteiger partial charge on any atom is 0.310 e. The van der Waals surface area contributed by atoms with E-state index in [1.807, 2.05) is 0 Å². The van der Waals surface area contributed by atoms with Crippen LogP contribution in [0.1, 0.15) is 19.3 Å². The number of ether oxygens (including phenoxy) is 1. The molecule has 2 fully saturated rings. The molecule has 0 saturated carbocycles. The van der Waals surface area contributed by atoms with Crippen LogP contribution in [0.2, 0.25) is 0 Å². The lowest BCUT2D eigenvalue weighted by atomic mass is 9.96. The molecule has 0 N–H and O–H groups in total. The maximum atomic E-state index is 12.3. The van der Waals surface area contributed by atoms with Gasteiger partial charge in [-0.3, -0.25) is 14.4 Å². The largest absolute Gasteiger partial charge is 0.469 e. The second kappa shape index (κ2) is 5.59. The van der Waals surface area contributed by atoms with Crippen LogP contribution in [0.3, 0.4) is 0 Å². The summed E-state index contributed by atoms with van der Waals surface area (Å²) in [6, 6.07) is 0. The first-order chi connectivity index (χ1) is 9.02. The van der Waals surface area contributed by atoms with Gasteiger partial charge < -0.3 is 14.5 Å². The number of likely N-dealkylation sites (tertiary alicyclic amines) is 2. The van der Waals surface area contributed by atoms with Gasteiger partial charge in [-0.25, -0.2) is 0 Å². The van der Waals surface area contributed by atoms with E-state index in [1.54, 1.807) is 16.8 Å². The van der Waals surface area contributed by atoms with Gasteiger partial charge in [-0.15, -0.1) is 0 Å². The lowest BCUT2D eigenvalue weighted by Crippen LogP contribution is -2.45. The van der Waals surface area contributed by atoms with Gasteiger partial charge in [-0.2, -0.15) is 0 Å². The van der Waals surface area contributed by atoms with Crippen molar-refractivity contribution < 1.29 is 19.1 Å². The minimum Gasteiger partial charge on any atom is -0.469 e. The summed E-state index contributed by atoms with van der Waals surface area (Å²) in [5, 5.41) is 0. The zero-order valence-electron chi connectivity index (χ0n) is 11.4. The first-order valence-electron chi connectivity index (χ1n) is 6.63. The number of nitrogens with zero attached hydrogens (tertiary/aromatic N) is 2. The third kappa shape index (κ3) is 2.88. The van der Waals surface area contributed by atoms with Crippen molar-refractivity contribution in [2.75, 3.05) is 33.8 Å². The fraction of sp³-hybridized carbons (Fsp3) is 0.769. The summed E-state index contributed by atoms with van der Waals surface area (Å²) in [5.41, 5.74) is 0. The summed E-state index contributed by atoms with van der Waals surface area (Å²) in [5.74, 6) is -0.727. The summed E-state index contributed by atoms with van der Waals surface area (Å²) in [7, 11) is 3.08. The van der Waals surface area contributed by atoms with Crippen molar-refractivity contribution in [1.29, 1.82) is 0 Å². The highest BCUT2D eigenvalue weighted by molar-refractivity contribution is 5.89. The van der Waals surface area contributed by atoms with Crippen LogP contribution in [0, 0.1) is 11.8 Å². The van der Waals surface area contributed by atoms with Crippen LogP contribution < -0.4 is 0 Å². The number of hydrogen-bond donors (Lipinski definition) is 0. The van der Waals surface area contributed by atoms with E-state index >= 15 is 0 Å². The zero-order chi connectivity index (χ0) is 14.0. The Bertz CT molecular complexity index is 396. The predicted molar refractivity (Wildman–Crippen MR) is 67.1 cm³/mol. The number of esters is 1. The molecule has 0 aromatic carbocycles. The van der Waals surface area contributed by atoms with Gasteiger partial charge in [0.05, 0.1) is 18.9 Å². The van der Waals surface area contributed by atoms with Crippen LogP contribution in [0.15, 0.2) is 0 Å². The van der Waals surface area contributed by atoms with E-state index < -0.39 is 0 Å². The van der Waals surface area contributed by atoms with Gasteiger partial charge in [-0.1, -0.05) is 0 Å². The molecule has 0 bridgehead atoms. The second-order valence-corrected chi connectivity index (χ2v) is 5.32. The Morgan fingerprint density at radius 2 is 2.00 bits per heavy atom. The fourth-order valence-corrected chi connectivity index (χ4v) is 2.82. The molecule has 0 aromatic rings. The Morgan fingerprint density at radius 1 is 1.26 bits per heavy atom. The van der Waals surface area contributed by atoms with Gasteiger partial charge in [0.1, 0.15) is 0 Å². The van der Waals surface area contributed by atoms with E-state index in [9.17, 15) is 14.4 Å². The van der Waals surface area contributed by atoms with Crippen LogP contribution in [0.4, 0.5) is 0 Å². The fourth-order valence-electron chi connectivity index (χ4n) is 2.82. The Labute approximate surface area is 112 Å². The standard InChI is InChI=1S/C13H20N2O4/c1-14-7-10(6-11(14)16)12(17)15-5-3-4-9(8-15)13(18)19-2/h9-10H,3-8H2,1-2H3. The molecular weight excluding hydrogens is 248 g/mol. The quantitative estimate of drug-likeness (QED) is 0.655. The third-order valence-electron chi connectivity index (χ3n) is 3.96. The van der Waals surface area contributed by atoms with Crippen LogP contribution in [0.25, 0.3) is 0 Å². The number of hydrogen-bond acceptors (Lipinski definition) is 4. The molecule has 19 heavy (non-hydrogen) atoms. The van der Waals surface area contributed by atoms with Crippen LogP contribution in [-0.2, 0) is 19.1 Å². The summed E-state index contributed by atoms with van der Waals surface area (Å²) in [6.07, 6.45) is 1.86. The van der Waals surface area contributed by atoms with E-state index in [0.29, 0.717) is 19.6 Å². The SMILES string of the molecule is COC(=O)C1CCCN(C(=O)C2CC(=O)N(C)C2)C1. The molecule has 6 heteroatoms. The summed E-state index contributed by atoms with van der Waals surface area (Å²) in [4.78, 5) is 38.7. The third-order valence-corrected chi connectivity index (χ3v) is 3.96. The highest BCUT2D eigenvalue weighted by Crippen LogP contribution is 2.23. The molecule has 0 aromatic heterocycles. The van der Waals surface area contributed by atoms with Crippen LogP contribution >= 0.6 is 0 Å². The monoisotopic (exact) mass is 268 g/mol. The highest BCUT2D eigenvalue weighted by atomic mass is 16.5. The molecule has 2 saturated heterocycles. The van der Waals surface area contributed by atoms with Crippen LogP contribution in [-0.4, -0.2) is 61.4 Å². The van der Waals surface area contributed by atoms with Gasteiger partial charge >= 0.3 is 5.97 Å². The Kier molecular flexibility index (Phi) is 4.07. The lowest BCUT2D eigenvalue weighted by Gasteiger charge is -2.32. The zero-order valence-corrected chi connectivity index (χ0v) is 11.4. The number of rotatable bonds is 2. The first-order valence-corrected chi connectivity index (χ1v) is 6.63. The molecule has 2 rings (SSSR count). The highest BCUT2D eigenvalue weighted by Gasteiger charge is 2.37. The smallest absolute Gasteiger partial charge is 0.310 e. The van der Waals surface area contributed by atoms with E-state index in [1.165, 1.54) is 7.11 Å².